The van der Waals surface area contributed by atoms with Gasteiger partial charge in [-0.1, -0.05) is 0 Å². The number of aromatic nitrogens is 1. The lowest BCUT2D eigenvalue weighted by molar-refractivity contribution is -0.384. The predicted octanol–water partition coefficient (Wildman–Crippen LogP) is 1.52. The standard InChI is InChI=1S/C12H18N4O2/c1-14-8-5-10(6-9-14)15(2)12-11(16(17)18)4-3-7-13-12/h3-4,7,10H,5-6,8-9H2,1-2H3. The third-order valence-electron chi connectivity index (χ3n) is 3.53. The Labute approximate surface area is 106 Å². The topological polar surface area (TPSA) is 62.5 Å². The Morgan fingerprint density at radius 2 is 2.17 bits per heavy atom. The zero-order valence-electron chi connectivity index (χ0n) is 10.7. The summed E-state index contributed by atoms with van der Waals surface area (Å²) >= 11 is 0. The molecule has 2 heterocycles. The van der Waals surface area contributed by atoms with E-state index in [-0.39, 0.29) is 10.6 Å². The number of likely N-dealkylation sites (tertiary alicyclic amines) is 1. The minimum atomic E-state index is -0.367. The van der Waals surface area contributed by atoms with Crippen LogP contribution in [-0.4, -0.2) is 48.0 Å². The van der Waals surface area contributed by atoms with E-state index in [2.05, 4.69) is 16.9 Å². The molecule has 0 atom stereocenters. The molecular weight excluding hydrogens is 232 g/mol. The van der Waals surface area contributed by atoms with Crippen LogP contribution in [0.3, 0.4) is 0 Å². The van der Waals surface area contributed by atoms with Crippen molar-refractivity contribution in [3.63, 3.8) is 0 Å². The van der Waals surface area contributed by atoms with Gasteiger partial charge in [-0.2, -0.15) is 0 Å². The molecule has 98 valence electrons. The molecule has 1 aliphatic rings. The fourth-order valence-corrected chi connectivity index (χ4v) is 2.36. The summed E-state index contributed by atoms with van der Waals surface area (Å²) in [6.07, 6.45) is 3.63. The molecule has 0 spiro atoms. The van der Waals surface area contributed by atoms with E-state index in [1.54, 1.807) is 12.3 Å². The maximum atomic E-state index is 11.0. The summed E-state index contributed by atoms with van der Waals surface area (Å²) in [5.74, 6) is 0.469. The molecule has 1 saturated heterocycles. The highest BCUT2D eigenvalue weighted by molar-refractivity contribution is 5.57. The van der Waals surface area contributed by atoms with Crippen molar-refractivity contribution in [2.75, 3.05) is 32.1 Å². The lowest BCUT2D eigenvalue weighted by atomic mass is 10.0. The van der Waals surface area contributed by atoms with E-state index in [1.807, 2.05) is 11.9 Å². The normalized spacial score (nSPS) is 17.7. The van der Waals surface area contributed by atoms with Crippen molar-refractivity contribution in [2.24, 2.45) is 0 Å². The Hall–Kier alpha value is -1.69. The highest BCUT2D eigenvalue weighted by atomic mass is 16.6. The van der Waals surface area contributed by atoms with Crippen LogP contribution in [0.2, 0.25) is 0 Å². The lowest BCUT2D eigenvalue weighted by Crippen LogP contribution is -2.42. The van der Waals surface area contributed by atoms with E-state index >= 15 is 0 Å². The summed E-state index contributed by atoms with van der Waals surface area (Å²) < 4.78 is 0. The SMILES string of the molecule is CN1CCC(N(C)c2ncccc2[N+](=O)[O-])CC1. The molecule has 2 rings (SSSR count). The molecule has 0 N–H and O–H groups in total. The van der Waals surface area contributed by atoms with Gasteiger partial charge in [-0.3, -0.25) is 10.1 Å². The van der Waals surface area contributed by atoms with E-state index in [0.29, 0.717) is 11.9 Å². The van der Waals surface area contributed by atoms with E-state index in [9.17, 15) is 10.1 Å². The third kappa shape index (κ3) is 2.59. The Bertz CT molecular complexity index is 430. The molecule has 1 fully saturated rings. The van der Waals surface area contributed by atoms with Gasteiger partial charge in [0.15, 0.2) is 0 Å². The van der Waals surface area contributed by atoms with E-state index in [4.69, 9.17) is 0 Å². The number of hydrogen-bond acceptors (Lipinski definition) is 5. The van der Waals surface area contributed by atoms with Gasteiger partial charge in [-0.05, 0) is 39.0 Å². The summed E-state index contributed by atoms with van der Waals surface area (Å²) in [5, 5.41) is 11.0. The van der Waals surface area contributed by atoms with E-state index < -0.39 is 0 Å². The molecule has 0 radical (unpaired) electrons. The molecule has 0 bridgehead atoms. The van der Waals surface area contributed by atoms with Gasteiger partial charge in [0, 0.05) is 25.4 Å². The average Bonchev–Trinajstić information content (AvgIpc) is 2.39. The Balaban J connectivity index is 2.18. The first-order chi connectivity index (χ1) is 8.59. The minimum Gasteiger partial charge on any atom is -0.351 e. The van der Waals surface area contributed by atoms with Crippen LogP contribution in [0, 0.1) is 10.1 Å². The summed E-state index contributed by atoms with van der Waals surface area (Å²) in [6, 6.07) is 3.44. The summed E-state index contributed by atoms with van der Waals surface area (Å²) in [4.78, 5) is 19.0. The number of rotatable bonds is 3. The second-order valence-corrected chi connectivity index (χ2v) is 4.75. The van der Waals surface area contributed by atoms with Crippen LogP contribution < -0.4 is 4.90 Å². The molecule has 18 heavy (non-hydrogen) atoms. The number of hydrogen-bond donors (Lipinski definition) is 0. The molecule has 1 aliphatic heterocycles. The number of nitrogens with zero attached hydrogens (tertiary/aromatic N) is 4. The molecule has 6 heteroatoms. The maximum absolute atomic E-state index is 11.0. The Kier molecular flexibility index (Phi) is 3.76. The van der Waals surface area contributed by atoms with Crippen molar-refractivity contribution in [1.29, 1.82) is 0 Å². The van der Waals surface area contributed by atoms with Gasteiger partial charge in [0.25, 0.3) is 0 Å². The number of nitro groups is 1. The van der Waals surface area contributed by atoms with Crippen LogP contribution in [0.4, 0.5) is 11.5 Å². The molecule has 0 aromatic carbocycles. The van der Waals surface area contributed by atoms with Gasteiger partial charge in [0.1, 0.15) is 0 Å². The van der Waals surface area contributed by atoms with Crippen molar-refractivity contribution < 1.29 is 4.92 Å². The molecule has 6 nitrogen and oxygen atoms in total. The van der Waals surface area contributed by atoms with Gasteiger partial charge in [0.2, 0.25) is 5.82 Å². The van der Waals surface area contributed by atoms with Gasteiger partial charge < -0.3 is 9.80 Å². The van der Waals surface area contributed by atoms with Crippen molar-refractivity contribution >= 4 is 11.5 Å². The number of anilines is 1. The molecule has 1 aromatic heterocycles. The van der Waals surface area contributed by atoms with Crippen molar-refractivity contribution in [2.45, 2.75) is 18.9 Å². The van der Waals surface area contributed by atoms with Crippen molar-refractivity contribution in [3.8, 4) is 0 Å². The highest BCUT2D eigenvalue weighted by Gasteiger charge is 2.26. The molecule has 0 amide bonds. The van der Waals surface area contributed by atoms with Crippen molar-refractivity contribution in [3.05, 3.63) is 28.4 Å². The molecule has 0 unspecified atom stereocenters. The van der Waals surface area contributed by atoms with Gasteiger partial charge in [-0.15, -0.1) is 0 Å². The number of pyridine rings is 1. The monoisotopic (exact) mass is 250 g/mol. The molecule has 1 aromatic rings. The number of piperidine rings is 1. The third-order valence-corrected chi connectivity index (χ3v) is 3.53. The largest absolute Gasteiger partial charge is 0.351 e. The van der Waals surface area contributed by atoms with E-state index in [0.717, 1.165) is 25.9 Å². The second-order valence-electron chi connectivity index (χ2n) is 4.75. The van der Waals surface area contributed by atoms with Crippen molar-refractivity contribution in [1.82, 2.24) is 9.88 Å². The fraction of sp³-hybridized carbons (Fsp3) is 0.583. The first kappa shape index (κ1) is 12.8. The average molecular weight is 250 g/mol. The Morgan fingerprint density at radius 3 is 2.78 bits per heavy atom. The summed E-state index contributed by atoms with van der Waals surface area (Å²) in [6.45, 7) is 2.05. The fourth-order valence-electron chi connectivity index (χ4n) is 2.36. The molecule has 0 saturated carbocycles. The van der Waals surface area contributed by atoms with Crippen LogP contribution in [0.25, 0.3) is 0 Å². The molecular formula is C12H18N4O2. The summed E-state index contributed by atoms with van der Waals surface area (Å²) in [7, 11) is 3.99. The summed E-state index contributed by atoms with van der Waals surface area (Å²) in [5.41, 5.74) is 0.0823. The van der Waals surface area contributed by atoms with E-state index in [1.165, 1.54) is 6.07 Å². The van der Waals surface area contributed by atoms with Crippen LogP contribution in [0.15, 0.2) is 18.3 Å². The first-order valence-corrected chi connectivity index (χ1v) is 6.10. The maximum Gasteiger partial charge on any atom is 0.311 e. The van der Waals surface area contributed by atoms with Gasteiger partial charge in [-0.25, -0.2) is 4.98 Å². The highest BCUT2D eigenvalue weighted by Crippen LogP contribution is 2.27. The first-order valence-electron chi connectivity index (χ1n) is 6.10. The zero-order chi connectivity index (χ0) is 13.1. The van der Waals surface area contributed by atoms with Gasteiger partial charge >= 0.3 is 5.69 Å². The molecule has 0 aliphatic carbocycles. The quantitative estimate of drug-likeness (QED) is 0.601. The predicted molar refractivity (Wildman–Crippen MR) is 69.8 cm³/mol. The lowest BCUT2D eigenvalue weighted by Gasteiger charge is -2.35. The smallest absolute Gasteiger partial charge is 0.311 e. The van der Waals surface area contributed by atoms with Crippen LogP contribution in [-0.2, 0) is 0 Å². The second kappa shape index (κ2) is 5.30. The van der Waals surface area contributed by atoms with Crippen LogP contribution in [0.1, 0.15) is 12.8 Å². The zero-order valence-corrected chi connectivity index (χ0v) is 10.7. The Morgan fingerprint density at radius 1 is 1.50 bits per heavy atom. The van der Waals surface area contributed by atoms with Crippen LogP contribution >= 0.6 is 0 Å². The van der Waals surface area contributed by atoms with Gasteiger partial charge in [0.05, 0.1) is 4.92 Å². The minimum absolute atomic E-state index is 0.0823. The van der Waals surface area contributed by atoms with Crippen LogP contribution in [0.5, 0.6) is 0 Å².